The molecule has 0 fully saturated rings. The van der Waals surface area contributed by atoms with Gasteiger partial charge in [0.1, 0.15) is 0 Å². The number of thiol groups is 1. The van der Waals surface area contributed by atoms with Gasteiger partial charge in [0.05, 0.1) is 0 Å². The summed E-state index contributed by atoms with van der Waals surface area (Å²) in [7, 11) is 0. The molecule has 0 aromatic rings. The zero-order valence-electron chi connectivity index (χ0n) is 8.10. The molecule has 0 radical (unpaired) electrons. The molecule has 0 rings (SSSR count). The van der Waals surface area contributed by atoms with Crippen LogP contribution in [0.2, 0.25) is 0 Å². The summed E-state index contributed by atoms with van der Waals surface area (Å²) in [6.07, 6.45) is 10.7. The molecule has 0 heterocycles. The Balaban J connectivity index is 2.73. The molecule has 0 amide bonds. The highest BCUT2D eigenvalue weighted by molar-refractivity contribution is 7.80. The van der Waals surface area contributed by atoms with E-state index >= 15 is 0 Å². The average Bonchev–Trinajstić information content (AvgIpc) is 2.10. The van der Waals surface area contributed by atoms with Gasteiger partial charge < -0.3 is 5.73 Å². The average molecular weight is 189 g/mol. The SMILES string of the molecule is NCCCCCCCCCCS. The molecule has 0 aliphatic carbocycles. The minimum absolute atomic E-state index is 0.861. The van der Waals surface area contributed by atoms with Gasteiger partial charge in [-0.3, -0.25) is 0 Å². The van der Waals surface area contributed by atoms with Crippen molar-refractivity contribution < 1.29 is 0 Å². The van der Waals surface area contributed by atoms with Crippen molar-refractivity contribution in [3.8, 4) is 0 Å². The third kappa shape index (κ3) is 10.3. The van der Waals surface area contributed by atoms with Gasteiger partial charge in [-0.05, 0) is 25.1 Å². The number of rotatable bonds is 9. The van der Waals surface area contributed by atoms with Crippen LogP contribution in [0.15, 0.2) is 0 Å². The molecule has 0 aromatic carbocycles. The fourth-order valence-electron chi connectivity index (χ4n) is 1.32. The van der Waals surface area contributed by atoms with Crippen molar-refractivity contribution in [3.05, 3.63) is 0 Å². The van der Waals surface area contributed by atoms with Crippen LogP contribution in [0.3, 0.4) is 0 Å². The van der Waals surface area contributed by atoms with Crippen molar-refractivity contribution in [2.24, 2.45) is 5.73 Å². The van der Waals surface area contributed by atoms with Crippen LogP contribution in [0.4, 0.5) is 0 Å². The highest BCUT2D eigenvalue weighted by Crippen LogP contribution is 2.08. The molecule has 0 unspecified atom stereocenters. The van der Waals surface area contributed by atoms with Crippen LogP contribution >= 0.6 is 12.6 Å². The first kappa shape index (κ1) is 12.3. The molecule has 2 N–H and O–H groups in total. The molecule has 0 aliphatic rings. The second-order valence-corrected chi connectivity index (χ2v) is 3.79. The van der Waals surface area contributed by atoms with Crippen LogP contribution < -0.4 is 5.73 Å². The normalized spacial score (nSPS) is 10.5. The van der Waals surface area contributed by atoms with Crippen LogP contribution in [-0.2, 0) is 0 Å². The van der Waals surface area contributed by atoms with E-state index in [2.05, 4.69) is 12.6 Å². The minimum Gasteiger partial charge on any atom is -0.330 e. The second-order valence-electron chi connectivity index (χ2n) is 3.34. The predicted octanol–water partition coefficient (Wildman–Crippen LogP) is 3.00. The van der Waals surface area contributed by atoms with Crippen LogP contribution in [0.25, 0.3) is 0 Å². The summed E-state index contributed by atoms with van der Waals surface area (Å²) in [5, 5.41) is 0. The lowest BCUT2D eigenvalue weighted by molar-refractivity contribution is 0.579. The van der Waals surface area contributed by atoms with Gasteiger partial charge in [-0.1, -0.05) is 38.5 Å². The van der Waals surface area contributed by atoms with E-state index < -0.39 is 0 Å². The standard InChI is InChI=1S/C10H23NS/c11-9-7-5-3-1-2-4-6-8-10-12/h12H,1-11H2. The molecule has 0 spiro atoms. The number of unbranched alkanes of at least 4 members (excludes halogenated alkanes) is 7. The molecule has 2 heteroatoms. The maximum atomic E-state index is 5.40. The van der Waals surface area contributed by atoms with Gasteiger partial charge in [0.2, 0.25) is 0 Å². The van der Waals surface area contributed by atoms with E-state index in [1.165, 1.54) is 51.4 Å². The molecule has 0 bridgehead atoms. The number of hydrogen-bond donors (Lipinski definition) is 2. The van der Waals surface area contributed by atoms with E-state index in [0.29, 0.717) is 0 Å². The summed E-state index contributed by atoms with van der Waals surface area (Å²) in [6.45, 7) is 0.861. The number of hydrogen-bond acceptors (Lipinski definition) is 2. The molecule has 0 saturated heterocycles. The molecule has 0 aromatic heterocycles. The smallest absolute Gasteiger partial charge is 0.00773 e. The monoisotopic (exact) mass is 189 g/mol. The third-order valence-corrected chi connectivity index (χ3v) is 2.43. The van der Waals surface area contributed by atoms with Crippen molar-refractivity contribution in [1.29, 1.82) is 0 Å². The van der Waals surface area contributed by atoms with Gasteiger partial charge in [0, 0.05) is 0 Å². The fraction of sp³-hybridized carbons (Fsp3) is 1.00. The van der Waals surface area contributed by atoms with E-state index in [0.717, 1.165) is 12.3 Å². The van der Waals surface area contributed by atoms with Gasteiger partial charge in [0.25, 0.3) is 0 Å². The Morgan fingerprint density at radius 1 is 0.667 bits per heavy atom. The Morgan fingerprint density at radius 3 is 1.50 bits per heavy atom. The molecule has 74 valence electrons. The summed E-state index contributed by atoms with van der Waals surface area (Å²) in [5.41, 5.74) is 5.40. The van der Waals surface area contributed by atoms with E-state index in [4.69, 9.17) is 5.73 Å². The Bertz CT molecular complexity index is 66.2. The molecule has 0 atom stereocenters. The van der Waals surface area contributed by atoms with E-state index in [9.17, 15) is 0 Å². The number of nitrogens with two attached hydrogens (primary N) is 1. The van der Waals surface area contributed by atoms with Crippen LogP contribution in [0.5, 0.6) is 0 Å². The van der Waals surface area contributed by atoms with Crippen molar-refractivity contribution >= 4 is 12.6 Å². The topological polar surface area (TPSA) is 26.0 Å². The maximum Gasteiger partial charge on any atom is -0.00773 e. The Kier molecular flexibility index (Phi) is 11.6. The van der Waals surface area contributed by atoms with Gasteiger partial charge in [-0.2, -0.15) is 12.6 Å². The Morgan fingerprint density at radius 2 is 1.08 bits per heavy atom. The predicted molar refractivity (Wildman–Crippen MR) is 59.8 cm³/mol. The molecule has 0 aliphatic heterocycles. The highest BCUT2D eigenvalue weighted by Gasteiger charge is 1.90. The Hall–Kier alpha value is 0.310. The van der Waals surface area contributed by atoms with Crippen molar-refractivity contribution in [1.82, 2.24) is 0 Å². The first-order chi connectivity index (χ1) is 5.91. The van der Waals surface area contributed by atoms with Crippen molar-refractivity contribution in [2.75, 3.05) is 12.3 Å². The summed E-state index contributed by atoms with van der Waals surface area (Å²) < 4.78 is 0. The fourth-order valence-corrected chi connectivity index (χ4v) is 1.54. The molecule has 1 nitrogen and oxygen atoms in total. The molecular formula is C10H23NS. The lowest BCUT2D eigenvalue weighted by atomic mass is 10.1. The molecule has 12 heavy (non-hydrogen) atoms. The largest absolute Gasteiger partial charge is 0.330 e. The zero-order valence-corrected chi connectivity index (χ0v) is 8.99. The molecular weight excluding hydrogens is 166 g/mol. The maximum absolute atomic E-state index is 5.40. The summed E-state index contributed by atoms with van der Waals surface area (Å²) in [5.74, 6) is 1.05. The highest BCUT2D eigenvalue weighted by atomic mass is 32.1. The van der Waals surface area contributed by atoms with Crippen LogP contribution in [-0.4, -0.2) is 12.3 Å². The van der Waals surface area contributed by atoms with E-state index in [1.54, 1.807) is 0 Å². The van der Waals surface area contributed by atoms with E-state index in [1.807, 2.05) is 0 Å². The Labute approximate surface area is 82.5 Å². The summed E-state index contributed by atoms with van der Waals surface area (Å²) in [6, 6.07) is 0. The quantitative estimate of drug-likeness (QED) is 0.423. The molecule has 0 saturated carbocycles. The second kappa shape index (κ2) is 11.3. The first-order valence-electron chi connectivity index (χ1n) is 5.22. The summed E-state index contributed by atoms with van der Waals surface area (Å²) >= 11 is 4.18. The lowest BCUT2D eigenvalue weighted by Crippen LogP contribution is -1.97. The van der Waals surface area contributed by atoms with E-state index in [-0.39, 0.29) is 0 Å². The van der Waals surface area contributed by atoms with Gasteiger partial charge in [-0.25, -0.2) is 0 Å². The van der Waals surface area contributed by atoms with Crippen LogP contribution in [0.1, 0.15) is 51.4 Å². The van der Waals surface area contributed by atoms with Gasteiger partial charge in [0.15, 0.2) is 0 Å². The third-order valence-electron chi connectivity index (χ3n) is 2.11. The van der Waals surface area contributed by atoms with Crippen molar-refractivity contribution in [2.45, 2.75) is 51.4 Å². The van der Waals surface area contributed by atoms with Crippen molar-refractivity contribution in [3.63, 3.8) is 0 Å². The first-order valence-corrected chi connectivity index (χ1v) is 5.86. The minimum atomic E-state index is 0.861. The zero-order chi connectivity index (χ0) is 9.07. The van der Waals surface area contributed by atoms with Crippen LogP contribution in [0, 0.1) is 0 Å². The van der Waals surface area contributed by atoms with Gasteiger partial charge in [-0.15, -0.1) is 0 Å². The summed E-state index contributed by atoms with van der Waals surface area (Å²) in [4.78, 5) is 0. The van der Waals surface area contributed by atoms with Gasteiger partial charge >= 0.3 is 0 Å². The lowest BCUT2D eigenvalue weighted by Gasteiger charge is -1.99.